The molecule has 0 unspecified atom stereocenters. The summed E-state index contributed by atoms with van der Waals surface area (Å²) in [6.07, 6.45) is 7.78. The van der Waals surface area contributed by atoms with E-state index < -0.39 is 0 Å². The molecule has 1 amide bonds. The maximum Gasteiger partial charge on any atom is 0.252 e. The minimum atomic E-state index is -0.0517. The van der Waals surface area contributed by atoms with Crippen molar-refractivity contribution in [3.63, 3.8) is 0 Å². The molecular formula is C23H27N3O3. The number of nitrogens with zero attached hydrogens (tertiary/aromatic N) is 2. The third-order valence-electron chi connectivity index (χ3n) is 5.49. The quantitative estimate of drug-likeness (QED) is 0.817. The van der Waals surface area contributed by atoms with Crippen LogP contribution in [0.1, 0.15) is 28.8 Å². The second-order valence-corrected chi connectivity index (χ2v) is 7.69. The Morgan fingerprint density at radius 1 is 1.38 bits per heavy atom. The van der Waals surface area contributed by atoms with Crippen molar-refractivity contribution in [2.75, 3.05) is 39.9 Å². The lowest BCUT2D eigenvalue weighted by molar-refractivity contribution is 0.0933. The number of amides is 1. The lowest BCUT2D eigenvalue weighted by atomic mass is 9.97. The van der Waals surface area contributed by atoms with Crippen LogP contribution in [-0.2, 0) is 0 Å². The lowest BCUT2D eigenvalue weighted by Gasteiger charge is -2.34. The molecule has 0 saturated carbocycles. The van der Waals surface area contributed by atoms with Gasteiger partial charge < -0.3 is 14.8 Å². The highest BCUT2D eigenvalue weighted by Crippen LogP contribution is 2.30. The summed E-state index contributed by atoms with van der Waals surface area (Å²) in [5.74, 6) is 2.16. The van der Waals surface area contributed by atoms with E-state index in [4.69, 9.17) is 9.47 Å². The zero-order valence-electron chi connectivity index (χ0n) is 16.8. The standard InChI is InChI=1S/C23H27N3O3/c1-28-21-6-7-22-20(11-21)10-18(16-29-22)15-26-9-3-4-17(14-26)12-25-23(27)19-5-2-8-24-13-19/h2,5-8,10-11,13,17H,3-4,9,12,14-16H2,1H3,(H,25,27)/t17-/m1/s1. The van der Waals surface area contributed by atoms with Crippen LogP contribution >= 0.6 is 0 Å². The van der Waals surface area contributed by atoms with Gasteiger partial charge in [0, 0.05) is 37.6 Å². The molecule has 3 heterocycles. The van der Waals surface area contributed by atoms with Crippen LogP contribution in [-0.4, -0.2) is 55.7 Å². The number of likely N-dealkylation sites (tertiary alicyclic amines) is 1. The first-order valence-corrected chi connectivity index (χ1v) is 10.1. The largest absolute Gasteiger partial charge is 0.497 e. The van der Waals surface area contributed by atoms with Crippen molar-refractivity contribution in [3.8, 4) is 11.5 Å². The van der Waals surface area contributed by atoms with Gasteiger partial charge in [-0.05, 0) is 67.3 Å². The van der Waals surface area contributed by atoms with E-state index in [-0.39, 0.29) is 5.91 Å². The maximum atomic E-state index is 12.3. The zero-order chi connectivity index (χ0) is 20.1. The molecule has 6 nitrogen and oxygen atoms in total. The third-order valence-corrected chi connectivity index (χ3v) is 5.49. The van der Waals surface area contributed by atoms with E-state index in [2.05, 4.69) is 21.3 Å². The molecule has 0 radical (unpaired) electrons. The summed E-state index contributed by atoms with van der Waals surface area (Å²) in [4.78, 5) is 18.7. The molecule has 0 spiro atoms. The summed E-state index contributed by atoms with van der Waals surface area (Å²) in [7, 11) is 1.68. The molecule has 29 heavy (non-hydrogen) atoms. The number of methoxy groups -OCH3 is 1. The van der Waals surface area contributed by atoms with Crippen LogP contribution in [0.2, 0.25) is 0 Å². The molecule has 6 heteroatoms. The predicted octanol–water partition coefficient (Wildman–Crippen LogP) is 3.01. The summed E-state index contributed by atoms with van der Waals surface area (Å²) in [6.45, 7) is 4.27. The molecule has 152 valence electrons. The number of nitrogens with one attached hydrogen (secondary N) is 1. The van der Waals surface area contributed by atoms with Gasteiger partial charge in [0.05, 0.1) is 12.7 Å². The Morgan fingerprint density at radius 2 is 2.31 bits per heavy atom. The van der Waals surface area contributed by atoms with Crippen molar-refractivity contribution < 1.29 is 14.3 Å². The monoisotopic (exact) mass is 393 g/mol. The lowest BCUT2D eigenvalue weighted by Crippen LogP contribution is -2.42. The van der Waals surface area contributed by atoms with E-state index in [1.54, 1.807) is 31.6 Å². The molecule has 0 aliphatic carbocycles. The second kappa shape index (κ2) is 9.09. The first-order chi connectivity index (χ1) is 14.2. The Kier molecular flexibility index (Phi) is 6.10. The molecular weight excluding hydrogens is 366 g/mol. The number of piperidine rings is 1. The van der Waals surface area contributed by atoms with Gasteiger partial charge in [0.25, 0.3) is 5.91 Å². The number of ether oxygens (including phenoxy) is 2. The van der Waals surface area contributed by atoms with Crippen molar-refractivity contribution in [2.24, 2.45) is 5.92 Å². The van der Waals surface area contributed by atoms with Gasteiger partial charge >= 0.3 is 0 Å². The fourth-order valence-electron chi connectivity index (χ4n) is 4.01. The van der Waals surface area contributed by atoms with Crippen LogP contribution in [0, 0.1) is 5.92 Å². The SMILES string of the molecule is COc1ccc2c(c1)C=C(CN1CCC[C@H](CNC(=O)c3cccnc3)C1)CO2. The van der Waals surface area contributed by atoms with E-state index in [9.17, 15) is 4.79 Å². The number of benzene rings is 1. The molecule has 1 fully saturated rings. The van der Waals surface area contributed by atoms with E-state index >= 15 is 0 Å². The molecule has 1 atom stereocenters. The molecule has 1 aromatic carbocycles. The van der Waals surface area contributed by atoms with Gasteiger partial charge in [0.1, 0.15) is 18.1 Å². The van der Waals surface area contributed by atoms with Crippen LogP contribution < -0.4 is 14.8 Å². The molecule has 2 aliphatic heterocycles. The highest BCUT2D eigenvalue weighted by molar-refractivity contribution is 5.93. The minimum Gasteiger partial charge on any atom is -0.497 e. The Bertz CT molecular complexity index is 882. The highest BCUT2D eigenvalue weighted by atomic mass is 16.5. The number of pyridine rings is 1. The summed E-state index contributed by atoms with van der Waals surface area (Å²) in [5, 5.41) is 3.06. The number of hydrogen-bond acceptors (Lipinski definition) is 5. The molecule has 1 aromatic heterocycles. The Labute approximate surface area is 171 Å². The Hall–Kier alpha value is -2.86. The number of hydrogen-bond donors (Lipinski definition) is 1. The number of carbonyl (C=O) groups excluding carboxylic acids is 1. The van der Waals surface area contributed by atoms with Crippen LogP contribution in [0.25, 0.3) is 6.08 Å². The van der Waals surface area contributed by atoms with Gasteiger partial charge in [0.15, 0.2) is 0 Å². The summed E-state index contributed by atoms with van der Waals surface area (Å²) < 4.78 is 11.2. The van der Waals surface area contributed by atoms with Gasteiger partial charge in [-0.3, -0.25) is 14.7 Å². The van der Waals surface area contributed by atoms with Crippen molar-refractivity contribution >= 4 is 12.0 Å². The highest BCUT2D eigenvalue weighted by Gasteiger charge is 2.22. The first-order valence-electron chi connectivity index (χ1n) is 10.1. The fourth-order valence-corrected chi connectivity index (χ4v) is 4.01. The van der Waals surface area contributed by atoms with Crippen LogP contribution in [0.15, 0.2) is 48.3 Å². The smallest absolute Gasteiger partial charge is 0.252 e. The Morgan fingerprint density at radius 3 is 3.14 bits per heavy atom. The summed E-state index contributed by atoms with van der Waals surface area (Å²) in [5.41, 5.74) is 2.95. The molecule has 1 N–H and O–H groups in total. The van der Waals surface area contributed by atoms with Gasteiger partial charge in [-0.15, -0.1) is 0 Å². The van der Waals surface area contributed by atoms with E-state index in [0.717, 1.165) is 49.5 Å². The van der Waals surface area contributed by atoms with Gasteiger partial charge in [0.2, 0.25) is 0 Å². The van der Waals surface area contributed by atoms with E-state index in [0.29, 0.717) is 24.6 Å². The zero-order valence-corrected chi connectivity index (χ0v) is 16.8. The van der Waals surface area contributed by atoms with Crippen molar-refractivity contribution in [3.05, 3.63) is 59.4 Å². The normalized spacial score (nSPS) is 18.9. The molecule has 2 aromatic rings. The third kappa shape index (κ3) is 4.95. The van der Waals surface area contributed by atoms with E-state index in [1.807, 2.05) is 18.2 Å². The van der Waals surface area contributed by atoms with Crippen LogP contribution in [0.3, 0.4) is 0 Å². The number of carbonyl (C=O) groups is 1. The van der Waals surface area contributed by atoms with Crippen molar-refractivity contribution in [2.45, 2.75) is 12.8 Å². The number of fused-ring (bicyclic) bond motifs is 1. The first kappa shape index (κ1) is 19.5. The maximum absolute atomic E-state index is 12.3. The predicted molar refractivity (Wildman–Crippen MR) is 112 cm³/mol. The second-order valence-electron chi connectivity index (χ2n) is 7.69. The number of rotatable bonds is 6. The topological polar surface area (TPSA) is 63.7 Å². The molecule has 0 bridgehead atoms. The minimum absolute atomic E-state index is 0.0517. The van der Waals surface area contributed by atoms with Crippen LogP contribution in [0.4, 0.5) is 0 Å². The Balaban J connectivity index is 1.32. The molecule has 4 rings (SSSR count). The fraction of sp³-hybridized carbons (Fsp3) is 0.391. The van der Waals surface area contributed by atoms with Gasteiger partial charge in [-0.2, -0.15) is 0 Å². The van der Waals surface area contributed by atoms with Crippen LogP contribution in [0.5, 0.6) is 11.5 Å². The molecule has 1 saturated heterocycles. The van der Waals surface area contributed by atoms with E-state index in [1.165, 1.54) is 5.57 Å². The average Bonchev–Trinajstić information content (AvgIpc) is 2.78. The molecule has 2 aliphatic rings. The van der Waals surface area contributed by atoms with Gasteiger partial charge in [-0.1, -0.05) is 0 Å². The van der Waals surface area contributed by atoms with Gasteiger partial charge in [-0.25, -0.2) is 0 Å². The number of aromatic nitrogens is 1. The average molecular weight is 393 g/mol. The van der Waals surface area contributed by atoms with Crippen molar-refractivity contribution in [1.29, 1.82) is 0 Å². The summed E-state index contributed by atoms with van der Waals surface area (Å²) in [6, 6.07) is 9.47. The summed E-state index contributed by atoms with van der Waals surface area (Å²) >= 11 is 0. The van der Waals surface area contributed by atoms with Crippen molar-refractivity contribution in [1.82, 2.24) is 15.2 Å².